The summed E-state index contributed by atoms with van der Waals surface area (Å²) in [5, 5.41) is 11.9. The maximum atomic E-state index is 10.6. The van der Waals surface area contributed by atoms with Crippen molar-refractivity contribution in [2.75, 3.05) is 6.54 Å². The molecule has 2 heterocycles. The molecule has 2 rings (SSSR count). The summed E-state index contributed by atoms with van der Waals surface area (Å²) >= 11 is 0. The molecule has 1 unspecified atom stereocenters. The van der Waals surface area contributed by atoms with Gasteiger partial charge in [-0.1, -0.05) is 6.07 Å². The van der Waals surface area contributed by atoms with Crippen LogP contribution in [0.2, 0.25) is 0 Å². The number of carboxylic acid groups (broad SMARTS) is 1. The lowest BCUT2D eigenvalue weighted by Crippen LogP contribution is -2.35. The van der Waals surface area contributed by atoms with Gasteiger partial charge in [-0.3, -0.25) is 0 Å². The van der Waals surface area contributed by atoms with Crippen molar-refractivity contribution < 1.29 is 9.90 Å². The fourth-order valence-corrected chi connectivity index (χ4v) is 1.31. The number of nitrogens with zero attached hydrogens (tertiary/aromatic N) is 1. The van der Waals surface area contributed by atoms with Gasteiger partial charge in [-0.15, -0.1) is 0 Å². The van der Waals surface area contributed by atoms with E-state index >= 15 is 0 Å². The zero-order chi connectivity index (χ0) is 9.26. The molecule has 1 aromatic rings. The molecule has 0 aliphatic carbocycles. The smallest absolute Gasteiger partial charge is 0.354 e. The van der Waals surface area contributed by atoms with Crippen LogP contribution < -0.4 is 5.32 Å². The average molecular weight is 178 g/mol. The Morgan fingerprint density at radius 3 is 2.92 bits per heavy atom. The van der Waals surface area contributed by atoms with Crippen LogP contribution in [0, 0.1) is 0 Å². The Hall–Kier alpha value is -1.42. The van der Waals surface area contributed by atoms with E-state index < -0.39 is 5.97 Å². The van der Waals surface area contributed by atoms with Crippen LogP contribution in [0.1, 0.15) is 28.6 Å². The van der Waals surface area contributed by atoms with Crippen molar-refractivity contribution >= 4 is 5.97 Å². The molecule has 0 spiro atoms. The Morgan fingerprint density at radius 1 is 1.62 bits per heavy atom. The Bertz CT molecular complexity index is 334. The van der Waals surface area contributed by atoms with Gasteiger partial charge >= 0.3 is 5.97 Å². The molecule has 1 aliphatic heterocycles. The molecular weight excluding hydrogens is 168 g/mol. The predicted molar refractivity (Wildman–Crippen MR) is 46.6 cm³/mol. The van der Waals surface area contributed by atoms with Gasteiger partial charge in [0.05, 0.1) is 11.7 Å². The largest absolute Gasteiger partial charge is 0.477 e. The minimum absolute atomic E-state index is 0.117. The van der Waals surface area contributed by atoms with Crippen LogP contribution in [0.4, 0.5) is 0 Å². The molecule has 1 aromatic heterocycles. The first kappa shape index (κ1) is 8.19. The van der Waals surface area contributed by atoms with E-state index in [0.717, 1.165) is 18.7 Å². The van der Waals surface area contributed by atoms with Crippen LogP contribution in [0.15, 0.2) is 18.2 Å². The number of rotatable bonds is 2. The Morgan fingerprint density at radius 2 is 2.38 bits per heavy atom. The topological polar surface area (TPSA) is 62.2 Å². The molecule has 0 aromatic carbocycles. The number of nitrogens with one attached hydrogen (secondary N) is 1. The second-order valence-corrected chi connectivity index (χ2v) is 3.05. The van der Waals surface area contributed by atoms with Gasteiger partial charge in [0.25, 0.3) is 0 Å². The van der Waals surface area contributed by atoms with Crippen LogP contribution in [0.3, 0.4) is 0 Å². The van der Waals surface area contributed by atoms with E-state index in [0.29, 0.717) is 0 Å². The number of aromatic nitrogens is 1. The highest BCUT2D eigenvalue weighted by Crippen LogP contribution is 2.20. The third-order valence-corrected chi connectivity index (χ3v) is 2.17. The van der Waals surface area contributed by atoms with Gasteiger partial charge in [-0.2, -0.15) is 0 Å². The van der Waals surface area contributed by atoms with Crippen LogP contribution in [-0.2, 0) is 0 Å². The van der Waals surface area contributed by atoms with Crippen molar-refractivity contribution in [3.8, 4) is 0 Å². The third kappa shape index (κ3) is 1.53. The van der Waals surface area contributed by atoms with E-state index in [1.165, 1.54) is 6.07 Å². The standard InChI is InChI=1S/C9H10N2O2/c12-9(13)8-3-1-2-7(11-8)6-4-5-10-6/h1-3,6,10H,4-5H2,(H,12,13). The number of pyridine rings is 1. The number of hydrogen-bond acceptors (Lipinski definition) is 3. The van der Waals surface area contributed by atoms with Crippen molar-refractivity contribution in [1.29, 1.82) is 0 Å². The first-order valence-corrected chi connectivity index (χ1v) is 4.21. The summed E-state index contributed by atoms with van der Waals surface area (Å²) in [6, 6.07) is 5.33. The highest BCUT2D eigenvalue weighted by Gasteiger charge is 2.20. The summed E-state index contributed by atoms with van der Waals surface area (Å²) in [6.45, 7) is 0.990. The summed E-state index contributed by atoms with van der Waals surface area (Å²) < 4.78 is 0. The van der Waals surface area contributed by atoms with E-state index in [1.807, 2.05) is 6.07 Å². The fraction of sp³-hybridized carbons (Fsp3) is 0.333. The molecule has 1 saturated heterocycles. The van der Waals surface area contributed by atoms with Gasteiger partial charge in [0.1, 0.15) is 5.69 Å². The first-order valence-electron chi connectivity index (χ1n) is 4.21. The molecule has 2 N–H and O–H groups in total. The van der Waals surface area contributed by atoms with Crippen molar-refractivity contribution in [2.24, 2.45) is 0 Å². The summed E-state index contributed by atoms with van der Waals surface area (Å²) in [6.07, 6.45) is 1.04. The maximum absolute atomic E-state index is 10.6. The second kappa shape index (κ2) is 3.14. The number of carbonyl (C=O) groups is 1. The zero-order valence-corrected chi connectivity index (χ0v) is 7.03. The SMILES string of the molecule is O=C(O)c1cccc(C2CCN2)n1. The molecule has 4 heteroatoms. The van der Waals surface area contributed by atoms with E-state index in [9.17, 15) is 4.79 Å². The molecule has 1 aliphatic rings. The number of hydrogen-bond donors (Lipinski definition) is 2. The van der Waals surface area contributed by atoms with Crippen LogP contribution in [0.25, 0.3) is 0 Å². The quantitative estimate of drug-likeness (QED) is 0.703. The Labute approximate surface area is 75.6 Å². The van der Waals surface area contributed by atoms with Crippen LogP contribution >= 0.6 is 0 Å². The van der Waals surface area contributed by atoms with Gasteiger partial charge in [0.15, 0.2) is 0 Å². The third-order valence-electron chi connectivity index (χ3n) is 2.17. The van der Waals surface area contributed by atoms with Gasteiger partial charge in [-0.25, -0.2) is 9.78 Å². The van der Waals surface area contributed by atoms with E-state index in [4.69, 9.17) is 5.11 Å². The average Bonchev–Trinajstić information content (AvgIpc) is 2.01. The summed E-state index contributed by atoms with van der Waals surface area (Å²) in [5.74, 6) is -0.971. The lowest BCUT2D eigenvalue weighted by atomic mass is 10.0. The van der Waals surface area contributed by atoms with Crippen LogP contribution in [0.5, 0.6) is 0 Å². The molecule has 4 nitrogen and oxygen atoms in total. The minimum atomic E-state index is -0.971. The molecule has 0 radical (unpaired) electrons. The van der Waals surface area contributed by atoms with Gasteiger partial charge < -0.3 is 10.4 Å². The van der Waals surface area contributed by atoms with Crippen LogP contribution in [-0.4, -0.2) is 22.6 Å². The molecule has 0 bridgehead atoms. The molecule has 13 heavy (non-hydrogen) atoms. The van der Waals surface area contributed by atoms with Crippen molar-refractivity contribution in [3.05, 3.63) is 29.6 Å². The predicted octanol–water partition coefficient (Wildman–Crippen LogP) is 0.814. The van der Waals surface area contributed by atoms with E-state index in [2.05, 4.69) is 10.3 Å². The zero-order valence-electron chi connectivity index (χ0n) is 7.03. The first-order chi connectivity index (χ1) is 6.27. The second-order valence-electron chi connectivity index (χ2n) is 3.05. The number of aromatic carboxylic acids is 1. The molecule has 0 amide bonds. The normalized spacial score (nSPS) is 20.8. The summed E-state index contributed by atoms with van der Waals surface area (Å²) in [5.41, 5.74) is 0.942. The molecule has 68 valence electrons. The lowest BCUT2D eigenvalue weighted by Gasteiger charge is -2.26. The fourth-order valence-electron chi connectivity index (χ4n) is 1.31. The molecule has 1 atom stereocenters. The molecule has 1 fully saturated rings. The summed E-state index contributed by atoms with van der Waals surface area (Å²) in [4.78, 5) is 14.6. The minimum Gasteiger partial charge on any atom is -0.477 e. The highest BCUT2D eigenvalue weighted by atomic mass is 16.4. The van der Waals surface area contributed by atoms with Crippen molar-refractivity contribution in [1.82, 2.24) is 10.3 Å². The highest BCUT2D eigenvalue weighted by molar-refractivity contribution is 5.85. The maximum Gasteiger partial charge on any atom is 0.354 e. The van der Waals surface area contributed by atoms with Crippen molar-refractivity contribution in [2.45, 2.75) is 12.5 Å². The molecule has 0 saturated carbocycles. The van der Waals surface area contributed by atoms with E-state index in [-0.39, 0.29) is 11.7 Å². The van der Waals surface area contributed by atoms with Gasteiger partial charge in [0, 0.05) is 0 Å². The van der Waals surface area contributed by atoms with Gasteiger partial charge in [0.2, 0.25) is 0 Å². The van der Waals surface area contributed by atoms with Crippen molar-refractivity contribution in [3.63, 3.8) is 0 Å². The Balaban J connectivity index is 2.26. The molecular formula is C9H10N2O2. The van der Waals surface area contributed by atoms with E-state index in [1.54, 1.807) is 6.07 Å². The summed E-state index contributed by atoms with van der Waals surface area (Å²) in [7, 11) is 0. The lowest BCUT2D eigenvalue weighted by molar-refractivity contribution is 0.0690. The number of carboxylic acids is 1. The monoisotopic (exact) mass is 178 g/mol. The Kier molecular flexibility index (Phi) is 1.98. The van der Waals surface area contributed by atoms with Gasteiger partial charge in [-0.05, 0) is 25.1 Å².